The topological polar surface area (TPSA) is 63.1 Å². The lowest BCUT2D eigenvalue weighted by Gasteiger charge is -2.32. The van der Waals surface area contributed by atoms with Gasteiger partial charge in [-0.3, -0.25) is 9.59 Å². The molecule has 0 spiro atoms. The zero-order valence-electron chi connectivity index (χ0n) is 12.2. The molecule has 0 saturated carbocycles. The number of aryl methyl sites for hydroxylation is 1. The van der Waals surface area contributed by atoms with Crippen LogP contribution in [0.25, 0.3) is 0 Å². The Balaban J connectivity index is 2.11. The van der Waals surface area contributed by atoms with E-state index in [1.54, 1.807) is 16.8 Å². The summed E-state index contributed by atoms with van der Waals surface area (Å²) >= 11 is 0. The van der Waals surface area contributed by atoms with Crippen LogP contribution in [0.5, 0.6) is 0 Å². The van der Waals surface area contributed by atoms with Gasteiger partial charge in [-0.05, 0) is 38.4 Å². The summed E-state index contributed by atoms with van der Waals surface area (Å²) in [6.45, 7) is 6.45. The van der Waals surface area contributed by atoms with Gasteiger partial charge in [0.1, 0.15) is 0 Å². The third-order valence-electron chi connectivity index (χ3n) is 3.96. The van der Waals surface area contributed by atoms with E-state index in [2.05, 4.69) is 10.6 Å². The second-order valence-corrected chi connectivity index (χ2v) is 5.71. The van der Waals surface area contributed by atoms with Gasteiger partial charge < -0.3 is 15.2 Å². The Morgan fingerprint density at radius 1 is 1.40 bits per heavy atom. The Morgan fingerprint density at radius 3 is 2.75 bits per heavy atom. The number of rotatable bonds is 4. The standard InChI is InChI=1S/C15H23N3O2/c1-3-10-18-11-12(4-5-13(18)19)17-14(20)15(2)6-8-16-9-7-15/h4-5,11,16H,3,6-10H2,1-2H3,(H,17,20). The Bertz CT molecular complexity index is 530. The second kappa shape index (κ2) is 6.22. The van der Waals surface area contributed by atoms with E-state index >= 15 is 0 Å². The van der Waals surface area contributed by atoms with Crippen LogP contribution in [0.3, 0.4) is 0 Å². The van der Waals surface area contributed by atoms with Crippen molar-refractivity contribution >= 4 is 11.6 Å². The first kappa shape index (κ1) is 14.8. The molecular weight excluding hydrogens is 254 g/mol. The molecule has 2 rings (SSSR count). The Labute approximate surface area is 119 Å². The van der Waals surface area contributed by atoms with Crippen molar-refractivity contribution in [3.05, 3.63) is 28.7 Å². The first-order valence-corrected chi connectivity index (χ1v) is 7.28. The van der Waals surface area contributed by atoms with E-state index in [9.17, 15) is 9.59 Å². The summed E-state index contributed by atoms with van der Waals surface area (Å²) in [5.41, 5.74) is 0.345. The van der Waals surface area contributed by atoms with Gasteiger partial charge in [-0.1, -0.05) is 13.8 Å². The van der Waals surface area contributed by atoms with Gasteiger partial charge in [0, 0.05) is 24.2 Å². The fourth-order valence-electron chi connectivity index (χ4n) is 2.51. The lowest BCUT2D eigenvalue weighted by atomic mass is 9.80. The summed E-state index contributed by atoms with van der Waals surface area (Å²) < 4.78 is 1.64. The molecule has 0 unspecified atom stereocenters. The lowest BCUT2D eigenvalue weighted by Crippen LogP contribution is -2.43. The van der Waals surface area contributed by atoms with Gasteiger partial charge in [0.2, 0.25) is 5.91 Å². The Morgan fingerprint density at radius 2 is 2.10 bits per heavy atom. The van der Waals surface area contributed by atoms with Crippen LogP contribution in [0.15, 0.2) is 23.1 Å². The Kier molecular flexibility index (Phi) is 4.60. The number of amides is 1. The quantitative estimate of drug-likeness (QED) is 0.878. The number of nitrogens with one attached hydrogen (secondary N) is 2. The largest absolute Gasteiger partial charge is 0.324 e. The molecule has 20 heavy (non-hydrogen) atoms. The summed E-state index contributed by atoms with van der Waals surface area (Å²) in [5, 5.41) is 6.22. The number of piperidine rings is 1. The molecule has 0 bridgehead atoms. The van der Waals surface area contributed by atoms with Crippen LogP contribution in [0.1, 0.15) is 33.1 Å². The normalized spacial score (nSPS) is 17.7. The van der Waals surface area contributed by atoms with Crippen molar-refractivity contribution < 1.29 is 4.79 Å². The van der Waals surface area contributed by atoms with Crippen molar-refractivity contribution in [2.75, 3.05) is 18.4 Å². The SMILES string of the molecule is CCCn1cc(NC(=O)C2(C)CCNCC2)ccc1=O. The molecule has 0 atom stereocenters. The van der Waals surface area contributed by atoms with E-state index in [0.717, 1.165) is 32.4 Å². The average Bonchev–Trinajstić information content (AvgIpc) is 2.43. The van der Waals surface area contributed by atoms with Crippen molar-refractivity contribution in [1.82, 2.24) is 9.88 Å². The van der Waals surface area contributed by atoms with Gasteiger partial charge in [-0.15, -0.1) is 0 Å². The van der Waals surface area contributed by atoms with Crippen molar-refractivity contribution in [3.8, 4) is 0 Å². The van der Waals surface area contributed by atoms with E-state index in [1.807, 2.05) is 13.8 Å². The van der Waals surface area contributed by atoms with E-state index < -0.39 is 0 Å². The molecule has 1 fully saturated rings. The highest BCUT2D eigenvalue weighted by Gasteiger charge is 2.34. The molecule has 2 N–H and O–H groups in total. The third kappa shape index (κ3) is 3.28. The van der Waals surface area contributed by atoms with Gasteiger partial charge in [0.25, 0.3) is 5.56 Å². The number of pyridine rings is 1. The van der Waals surface area contributed by atoms with Crippen molar-refractivity contribution in [3.63, 3.8) is 0 Å². The molecule has 0 aliphatic carbocycles. The smallest absolute Gasteiger partial charge is 0.250 e. The van der Waals surface area contributed by atoms with Crippen LogP contribution in [-0.4, -0.2) is 23.6 Å². The predicted octanol–water partition coefficient (Wildman–Crippen LogP) is 1.59. The second-order valence-electron chi connectivity index (χ2n) is 5.71. The molecule has 1 saturated heterocycles. The number of aromatic nitrogens is 1. The molecule has 110 valence electrons. The van der Waals surface area contributed by atoms with Gasteiger partial charge in [-0.2, -0.15) is 0 Å². The van der Waals surface area contributed by atoms with Crippen LogP contribution < -0.4 is 16.2 Å². The molecule has 1 aromatic rings. The minimum atomic E-state index is -0.322. The number of hydrogen-bond donors (Lipinski definition) is 2. The number of hydrogen-bond acceptors (Lipinski definition) is 3. The minimum Gasteiger partial charge on any atom is -0.324 e. The highest BCUT2D eigenvalue weighted by molar-refractivity contribution is 5.95. The van der Waals surface area contributed by atoms with Crippen LogP contribution >= 0.6 is 0 Å². The van der Waals surface area contributed by atoms with Crippen LogP contribution in [0.2, 0.25) is 0 Å². The third-order valence-corrected chi connectivity index (χ3v) is 3.96. The zero-order valence-corrected chi connectivity index (χ0v) is 12.2. The molecule has 5 heteroatoms. The van der Waals surface area contributed by atoms with Gasteiger partial charge in [0.05, 0.1) is 5.69 Å². The van der Waals surface area contributed by atoms with Gasteiger partial charge >= 0.3 is 0 Å². The van der Waals surface area contributed by atoms with E-state index in [1.165, 1.54) is 6.07 Å². The van der Waals surface area contributed by atoms with Gasteiger partial charge in [0.15, 0.2) is 0 Å². The molecule has 1 aromatic heterocycles. The zero-order chi connectivity index (χ0) is 14.6. The van der Waals surface area contributed by atoms with Gasteiger partial charge in [-0.25, -0.2) is 0 Å². The highest BCUT2D eigenvalue weighted by atomic mass is 16.2. The van der Waals surface area contributed by atoms with Crippen molar-refractivity contribution in [2.45, 2.75) is 39.7 Å². The van der Waals surface area contributed by atoms with E-state index in [-0.39, 0.29) is 16.9 Å². The fourth-order valence-corrected chi connectivity index (χ4v) is 2.51. The molecule has 1 aliphatic heterocycles. The highest BCUT2D eigenvalue weighted by Crippen LogP contribution is 2.29. The number of carbonyl (C=O) groups excluding carboxylic acids is 1. The summed E-state index contributed by atoms with van der Waals surface area (Å²) in [4.78, 5) is 24.1. The van der Waals surface area contributed by atoms with E-state index in [4.69, 9.17) is 0 Å². The minimum absolute atomic E-state index is 0.0297. The fraction of sp³-hybridized carbons (Fsp3) is 0.600. The molecular formula is C15H23N3O2. The predicted molar refractivity (Wildman–Crippen MR) is 79.8 cm³/mol. The van der Waals surface area contributed by atoms with E-state index in [0.29, 0.717) is 12.2 Å². The van der Waals surface area contributed by atoms with Crippen LogP contribution in [0.4, 0.5) is 5.69 Å². The monoisotopic (exact) mass is 277 g/mol. The van der Waals surface area contributed by atoms with Crippen LogP contribution in [0, 0.1) is 5.41 Å². The molecule has 0 radical (unpaired) electrons. The van der Waals surface area contributed by atoms with Crippen molar-refractivity contribution in [2.24, 2.45) is 5.41 Å². The lowest BCUT2D eigenvalue weighted by molar-refractivity contribution is -0.126. The summed E-state index contributed by atoms with van der Waals surface area (Å²) in [5.74, 6) is 0.0423. The molecule has 1 amide bonds. The van der Waals surface area contributed by atoms with Crippen molar-refractivity contribution in [1.29, 1.82) is 0 Å². The molecule has 0 aromatic carbocycles. The first-order chi connectivity index (χ1) is 9.55. The molecule has 1 aliphatic rings. The maximum absolute atomic E-state index is 12.4. The number of nitrogens with zero attached hydrogens (tertiary/aromatic N) is 1. The Hall–Kier alpha value is -1.62. The number of carbonyl (C=O) groups is 1. The summed E-state index contributed by atoms with van der Waals surface area (Å²) in [6.07, 6.45) is 4.30. The van der Waals surface area contributed by atoms with Crippen LogP contribution in [-0.2, 0) is 11.3 Å². The maximum atomic E-state index is 12.4. The maximum Gasteiger partial charge on any atom is 0.250 e. The summed E-state index contributed by atoms with van der Waals surface area (Å²) in [6, 6.07) is 3.19. The molecule has 5 nitrogen and oxygen atoms in total. The summed E-state index contributed by atoms with van der Waals surface area (Å²) in [7, 11) is 0. The average molecular weight is 277 g/mol. The number of anilines is 1. The molecule has 2 heterocycles. The first-order valence-electron chi connectivity index (χ1n) is 7.28.